The molecule has 0 radical (unpaired) electrons. The average Bonchev–Trinajstić information content (AvgIpc) is 2.66. The van der Waals surface area contributed by atoms with Crippen molar-refractivity contribution < 1.29 is 14.6 Å². The normalized spacial score (nSPS) is 28.5. The van der Waals surface area contributed by atoms with Gasteiger partial charge in [0.25, 0.3) is 5.56 Å². The van der Waals surface area contributed by atoms with Crippen molar-refractivity contribution in [2.24, 2.45) is 0 Å². The number of rotatable bonds is 2. The molecule has 0 unspecified atom stereocenters. The zero-order chi connectivity index (χ0) is 12.6. The van der Waals surface area contributed by atoms with Gasteiger partial charge in [-0.15, -0.1) is 0 Å². The van der Waals surface area contributed by atoms with E-state index in [1.165, 1.54) is 10.8 Å². The highest BCUT2D eigenvalue weighted by Gasteiger charge is 2.39. The fourth-order valence-corrected chi connectivity index (χ4v) is 1.73. The van der Waals surface area contributed by atoms with Gasteiger partial charge in [0.05, 0.1) is 13.2 Å². The Kier molecular flexibility index (Phi) is 2.90. The highest BCUT2D eigenvalue weighted by atomic mass is 16.7. The first kappa shape index (κ1) is 12.0. The molecule has 1 aromatic heterocycles. The average molecular weight is 242 g/mol. The highest BCUT2D eigenvalue weighted by molar-refractivity contribution is 5.03. The van der Waals surface area contributed by atoms with Gasteiger partial charge in [-0.05, 0) is 13.8 Å². The van der Waals surface area contributed by atoms with Crippen molar-refractivity contribution in [2.75, 3.05) is 13.2 Å². The third-order valence-electron chi connectivity index (χ3n) is 2.70. The van der Waals surface area contributed by atoms with Gasteiger partial charge in [0.15, 0.2) is 12.0 Å². The van der Waals surface area contributed by atoms with Crippen molar-refractivity contribution in [1.82, 2.24) is 9.55 Å². The Hall–Kier alpha value is -1.44. The lowest BCUT2D eigenvalue weighted by atomic mass is 10.2. The van der Waals surface area contributed by atoms with E-state index in [0.717, 1.165) is 0 Å². The third-order valence-corrected chi connectivity index (χ3v) is 2.70. The van der Waals surface area contributed by atoms with Crippen LogP contribution in [-0.4, -0.2) is 34.2 Å². The van der Waals surface area contributed by atoms with Crippen LogP contribution in [0.1, 0.15) is 12.5 Å². The number of aryl methyl sites for hydroxylation is 1. The van der Waals surface area contributed by atoms with Gasteiger partial charge >= 0.3 is 5.69 Å². The van der Waals surface area contributed by atoms with Crippen molar-refractivity contribution in [3.63, 3.8) is 0 Å². The minimum absolute atomic E-state index is 0.129. The van der Waals surface area contributed by atoms with E-state index in [2.05, 4.69) is 4.98 Å². The Morgan fingerprint density at radius 1 is 1.65 bits per heavy atom. The van der Waals surface area contributed by atoms with Crippen LogP contribution < -0.4 is 11.2 Å². The molecule has 2 rings (SSSR count). The van der Waals surface area contributed by atoms with E-state index in [1.807, 2.05) is 0 Å². The molecule has 0 bridgehead atoms. The molecule has 1 fully saturated rings. The summed E-state index contributed by atoms with van der Waals surface area (Å²) in [5, 5.41) is 8.92. The number of aliphatic hydroxyl groups is 1. The predicted octanol–water partition coefficient (Wildman–Crippen LogP) is -1.12. The van der Waals surface area contributed by atoms with Gasteiger partial charge in [0.2, 0.25) is 0 Å². The first-order chi connectivity index (χ1) is 7.96. The zero-order valence-corrected chi connectivity index (χ0v) is 9.60. The number of aliphatic hydroxyl groups excluding tert-OH is 1. The van der Waals surface area contributed by atoms with E-state index >= 15 is 0 Å². The molecule has 2 heterocycles. The Morgan fingerprint density at radius 3 is 2.94 bits per heavy atom. The molecule has 0 aliphatic carbocycles. The second-order valence-electron chi connectivity index (χ2n) is 4.16. The van der Waals surface area contributed by atoms with Crippen molar-refractivity contribution in [3.8, 4) is 0 Å². The number of nitrogens with zero attached hydrogens (tertiary/aromatic N) is 1. The van der Waals surface area contributed by atoms with Crippen molar-refractivity contribution >= 4 is 0 Å². The molecule has 0 aromatic carbocycles. The van der Waals surface area contributed by atoms with Gasteiger partial charge < -0.3 is 14.6 Å². The van der Waals surface area contributed by atoms with E-state index in [0.29, 0.717) is 5.56 Å². The molecular formula is C10H14N2O5. The molecule has 1 aromatic rings. The second-order valence-corrected chi connectivity index (χ2v) is 4.16. The summed E-state index contributed by atoms with van der Waals surface area (Å²) in [4.78, 5) is 25.1. The maximum Gasteiger partial charge on any atom is 0.330 e. The van der Waals surface area contributed by atoms with Crippen LogP contribution in [0.15, 0.2) is 15.8 Å². The maximum absolute atomic E-state index is 11.7. The standard InChI is InChI=1S/C10H14N2O5/c1-6-3-12(9(15)11-8(6)14)10(2)5-16-7(4-13)17-10/h3,7,13H,4-5H2,1-2H3,(H,11,14,15)/t7-,10+/m0/s1. The van der Waals surface area contributed by atoms with Crippen LogP contribution in [-0.2, 0) is 15.2 Å². The molecule has 1 saturated heterocycles. The van der Waals surface area contributed by atoms with Gasteiger partial charge in [-0.25, -0.2) is 4.79 Å². The molecule has 7 nitrogen and oxygen atoms in total. The van der Waals surface area contributed by atoms with Gasteiger partial charge in [-0.3, -0.25) is 14.3 Å². The number of nitrogens with one attached hydrogen (secondary N) is 1. The van der Waals surface area contributed by atoms with Crippen LogP contribution in [0.5, 0.6) is 0 Å². The monoisotopic (exact) mass is 242 g/mol. The summed E-state index contributed by atoms with van der Waals surface area (Å²) < 4.78 is 11.9. The largest absolute Gasteiger partial charge is 0.391 e. The lowest BCUT2D eigenvalue weighted by Crippen LogP contribution is -2.44. The van der Waals surface area contributed by atoms with E-state index in [1.54, 1.807) is 13.8 Å². The van der Waals surface area contributed by atoms with E-state index < -0.39 is 23.3 Å². The van der Waals surface area contributed by atoms with Crippen LogP contribution in [0, 0.1) is 6.92 Å². The number of H-pyrrole nitrogens is 1. The van der Waals surface area contributed by atoms with Crippen LogP contribution in [0.2, 0.25) is 0 Å². The molecule has 94 valence electrons. The van der Waals surface area contributed by atoms with Crippen LogP contribution >= 0.6 is 0 Å². The Morgan fingerprint density at radius 2 is 2.35 bits per heavy atom. The lowest BCUT2D eigenvalue weighted by molar-refractivity contribution is -0.134. The molecule has 17 heavy (non-hydrogen) atoms. The summed E-state index contributed by atoms with van der Waals surface area (Å²) in [5.74, 6) is 0. The Labute approximate surface area is 96.6 Å². The summed E-state index contributed by atoms with van der Waals surface area (Å²) in [6.07, 6.45) is 0.670. The molecule has 0 saturated carbocycles. The number of ether oxygens (including phenoxy) is 2. The molecule has 0 amide bonds. The van der Waals surface area contributed by atoms with Gasteiger partial charge in [-0.1, -0.05) is 0 Å². The smallest absolute Gasteiger partial charge is 0.330 e. The summed E-state index contributed by atoms with van der Waals surface area (Å²) in [6.45, 7) is 3.09. The molecule has 1 aliphatic rings. The molecule has 2 atom stereocenters. The van der Waals surface area contributed by atoms with Gasteiger partial charge in [0.1, 0.15) is 0 Å². The predicted molar refractivity (Wildman–Crippen MR) is 57.6 cm³/mol. The number of hydrogen-bond donors (Lipinski definition) is 2. The Balaban J connectivity index is 2.44. The molecule has 7 heteroatoms. The molecular weight excluding hydrogens is 228 g/mol. The first-order valence-corrected chi connectivity index (χ1v) is 5.19. The fraction of sp³-hybridized carbons (Fsp3) is 0.600. The fourth-order valence-electron chi connectivity index (χ4n) is 1.73. The van der Waals surface area contributed by atoms with Gasteiger partial charge in [-0.2, -0.15) is 0 Å². The SMILES string of the molecule is Cc1cn([C@@]2(C)CO[C@H](CO)O2)c(=O)[nH]c1=O. The number of hydrogen-bond acceptors (Lipinski definition) is 5. The van der Waals surface area contributed by atoms with Crippen LogP contribution in [0.3, 0.4) is 0 Å². The molecule has 2 N–H and O–H groups in total. The first-order valence-electron chi connectivity index (χ1n) is 5.19. The highest BCUT2D eigenvalue weighted by Crippen LogP contribution is 2.26. The number of aromatic nitrogens is 2. The van der Waals surface area contributed by atoms with Crippen molar-refractivity contribution in [3.05, 3.63) is 32.6 Å². The minimum Gasteiger partial charge on any atom is -0.391 e. The van der Waals surface area contributed by atoms with E-state index in [9.17, 15) is 9.59 Å². The van der Waals surface area contributed by atoms with Crippen LogP contribution in [0.25, 0.3) is 0 Å². The third kappa shape index (κ3) is 2.04. The van der Waals surface area contributed by atoms with Crippen molar-refractivity contribution in [2.45, 2.75) is 25.9 Å². The summed E-state index contributed by atoms with van der Waals surface area (Å²) in [5.41, 5.74) is -1.60. The Bertz CT molecular complexity index is 534. The van der Waals surface area contributed by atoms with Crippen LogP contribution in [0.4, 0.5) is 0 Å². The maximum atomic E-state index is 11.7. The molecule has 1 aliphatic heterocycles. The van der Waals surface area contributed by atoms with Crippen molar-refractivity contribution in [1.29, 1.82) is 0 Å². The summed E-state index contributed by atoms with van der Waals surface area (Å²) in [7, 11) is 0. The number of aromatic amines is 1. The minimum atomic E-state index is -1.01. The van der Waals surface area contributed by atoms with E-state index in [-0.39, 0.29) is 13.2 Å². The summed E-state index contributed by atoms with van der Waals surface area (Å²) >= 11 is 0. The quantitative estimate of drug-likeness (QED) is 0.685. The molecule has 0 spiro atoms. The topological polar surface area (TPSA) is 93.6 Å². The summed E-state index contributed by atoms with van der Waals surface area (Å²) in [6, 6.07) is 0. The second kappa shape index (κ2) is 4.10. The van der Waals surface area contributed by atoms with Gasteiger partial charge in [0, 0.05) is 11.8 Å². The van der Waals surface area contributed by atoms with E-state index in [4.69, 9.17) is 14.6 Å². The zero-order valence-electron chi connectivity index (χ0n) is 9.60. The lowest BCUT2D eigenvalue weighted by Gasteiger charge is -2.24.